The van der Waals surface area contributed by atoms with Crippen LogP contribution in [0.2, 0.25) is 5.02 Å². The highest BCUT2D eigenvalue weighted by Crippen LogP contribution is 2.20. The van der Waals surface area contributed by atoms with Crippen LogP contribution < -0.4 is 10.6 Å². The molecule has 0 aliphatic rings. The molecule has 30 heavy (non-hydrogen) atoms. The van der Waals surface area contributed by atoms with E-state index in [1.54, 1.807) is 48.2 Å². The van der Waals surface area contributed by atoms with Gasteiger partial charge in [0.1, 0.15) is 11.5 Å². The van der Waals surface area contributed by atoms with Crippen LogP contribution in [0.3, 0.4) is 0 Å². The molecule has 1 aromatic heterocycles. The van der Waals surface area contributed by atoms with Crippen molar-refractivity contribution >= 4 is 41.3 Å². The number of carbonyl (C=O) groups is 2. The second-order valence-corrected chi connectivity index (χ2v) is 7.81. The Morgan fingerprint density at radius 1 is 1.00 bits per heavy atom. The third-order valence-electron chi connectivity index (χ3n) is 4.11. The summed E-state index contributed by atoms with van der Waals surface area (Å²) in [7, 11) is 0. The van der Waals surface area contributed by atoms with E-state index in [4.69, 9.17) is 16.0 Å². The Morgan fingerprint density at radius 3 is 2.50 bits per heavy atom. The van der Waals surface area contributed by atoms with Crippen LogP contribution in [0.5, 0.6) is 0 Å². The fourth-order valence-electron chi connectivity index (χ4n) is 2.59. The third-order valence-corrected chi connectivity index (χ3v) is 5.48. The molecule has 2 amide bonds. The van der Waals surface area contributed by atoms with Crippen molar-refractivity contribution < 1.29 is 14.0 Å². The number of thioether (sulfide) groups is 1. The molecule has 3 rings (SSSR count). The molecule has 0 aliphatic heterocycles. The van der Waals surface area contributed by atoms with Crippen LogP contribution in [0.1, 0.15) is 21.7 Å². The van der Waals surface area contributed by atoms with Crippen molar-refractivity contribution in [3.63, 3.8) is 0 Å². The first-order valence-corrected chi connectivity index (χ1v) is 10.9. The monoisotopic (exact) mass is 440 g/mol. The second kappa shape index (κ2) is 11.3. The molecular formula is C23H21ClN2O3S. The van der Waals surface area contributed by atoms with Gasteiger partial charge in [0.15, 0.2) is 0 Å². The number of halogens is 1. The second-order valence-electron chi connectivity index (χ2n) is 6.29. The Balaban J connectivity index is 1.56. The molecule has 0 saturated carbocycles. The Morgan fingerprint density at radius 2 is 1.77 bits per heavy atom. The van der Waals surface area contributed by atoms with E-state index < -0.39 is 0 Å². The number of furan rings is 1. The molecule has 0 radical (unpaired) electrons. The molecule has 0 fully saturated rings. The van der Waals surface area contributed by atoms with Crippen molar-refractivity contribution in [2.75, 3.05) is 12.3 Å². The Labute approximate surface area is 184 Å². The zero-order valence-corrected chi connectivity index (χ0v) is 17.7. The maximum Gasteiger partial charge on any atom is 0.267 e. The molecule has 7 heteroatoms. The Hall–Kier alpha value is -2.96. The summed E-state index contributed by atoms with van der Waals surface area (Å²) in [6, 6.07) is 19.8. The molecule has 154 valence electrons. The number of nitrogens with one attached hydrogen (secondary N) is 2. The molecule has 3 aromatic rings. The Kier molecular flexibility index (Phi) is 8.18. The summed E-state index contributed by atoms with van der Waals surface area (Å²) < 4.78 is 5.28. The van der Waals surface area contributed by atoms with Gasteiger partial charge in [0.05, 0.1) is 6.26 Å². The van der Waals surface area contributed by atoms with Gasteiger partial charge in [-0.15, -0.1) is 0 Å². The quantitative estimate of drug-likeness (QED) is 0.372. The van der Waals surface area contributed by atoms with E-state index in [-0.39, 0.29) is 17.5 Å². The van der Waals surface area contributed by atoms with Crippen molar-refractivity contribution in [2.45, 2.75) is 5.75 Å². The lowest BCUT2D eigenvalue weighted by Crippen LogP contribution is -2.35. The predicted molar refractivity (Wildman–Crippen MR) is 121 cm³/mol. The summed E-state index contributed by atoms with van der Waals surface area (Å²) in [4.78, 5) is 25.1. The fraction of sp³-hybridized carbons (Fsp3) is 0.130. The minimum Gasteiger partial charge on any atom is -0.465 e. The van der Waals surface area contributed by atoms with Gasteiger partial charge in [-0.3, -0.25) is 9.59 Å². The smallest absolute Gasteiger partial charge is 0.267 e. The first kappa shape index (κ1) is 21.7. The molecule has 0 unspecified atom stereocenters. The summed E-state index contributed by atoms with van der Waals surface area (Å²) in [5.41, 5.74) is 1.64. The van der Waals surface area contributed by atoms with Crippen molar-refractivity contribution in [1.29, 1.82) is 0 Å². The summed E-state index contributed by atoms with van der Waals surface area (Å²) in [5, 5.41) is 6.24. The molecule has 0 saturated heterocycles. The van der Waals surface area contributed by atoms with Gasteiger partial charge >= 0.3 is 0 Å². The largest absolute Gasteiger partial charge is 0.465 e. The molecule has 0 atom stereocenters. The predicted octanol–water partition coefficient (Wildman–Crippen LogP) is 4.75. The van der Waals surface area contributed by atoms with Crippen molar-refractivity contribution in [3.8, 4) is 0 Å². The van der Waals surface area contributed by atoms with Crippen LogP contribution in [0.15, 0.2) is 83.1 Å². The summed E-state index contributed by atoms with van der Waals surface area (Å²) in [6.07, 6.45) is 3.01. The topological polar surface area (TPSA) is 71.3 Å². The van der Waals surface area contributed by atoms with Gasteiger partial charge in [0.25, 0.3) is 11.8 Å². The van der Waals surface area contributed by atoms with Gasteiger partial charge < -0.3 is 15.1 Å². The van der Waals surface area contributed by atoms with Crippen LogP contribution in [0.25, 0.3) is 6.08 Å². The first-order chi connectivity index (χ1) is 14.6. The molecule has 5 nitrogen and oxygen atoms in total. The van der Waals surface area contributed by atoms with Gasteiger partial charge in [0.2, 0.25) is 0 Å². The summed E-state index contributed by atoms with van der Waals surface area (Å²) in [5.74, 6) is 1.19. The molecule has 0 bridgehead atoms. The van der Waals surface area contributed by atoms with Gasteiger partial charge in [-0.25, -0.2) is 0 Å². The van der Waals surface area contributed by atoms with E-state index in [0.717, 1.165) is 16.3 Å². The zero-order valence-electron chi connectivity index (χ0n) is 16.1. The Bertz CT molecular complexity index is 1000. The van der Waals surface area contributed by atoms with Crippen LogP contribution in [0, 0.1) is 0 Å². The van der Waals surface area contributed by atoms with Crippen LogP contribution in [0.4, 0.5) is 0 Å². The normalized spacial score (nSPS) is 11.2. The first-order valence-electron chi connectivity index (χ1n) is 9.34. The van der Waals surface area contributed by atoms with E-state index in [2.05, 4.69) is 10.6 Å². The average molecular weight is 441 g/mol. The van der Waals surface area contributed by atoms with E-state index >= 15 is 0 Å². The SMILES string of the molecule is O=C(NCCSCc1ccccc1Cl)/C(=C/c1ccco1)NC(=O)c1ccccc1. The standard InChI is InChI=1S/C23H21ClN2O3S/c24-20-11-5-4-9-18(20)16-30-14-12-25-23(28)21(15-19-10-6-13-29-19)26-22(27)17-7-2-1-3-8-17/h1-11,13,15H,12,14,16H2,(H,25,28)(H,26,27)/b21-15-. The minimum atomic E-state index is -0.381. The van der Waals surface area contributed by atoms with Crippen LogP contribution >= 0.6 is 23.4 Å². The zero-order chi connectivity index (χ0) is 21.2. The highest BCUT2D eigenvalue weighted by Gasteiger charge is 2.15. The molecule has 2 aromatic carbocycles. The van der Waals surface area contributed by atoms with Crippen LogP contribution in [-0.2, 0) is 10.5 Å². The maximum absolute atomic E-state index is 12.7. The lowest BCUT2D eigenvalue weighted by molar-refractivity contribution is -0.117. The highest BCUT2D eigenvalue weighted by molar-refractivity contribution is 7.98. The van der Waals surface area contributed by atoms with E-state index in [1.807, 2.05) is 30.3 Å². The molecule has 0 spiro atoms. The lowest BCUT2D eigenvalue weighted by atomic mass is 10.2. The summed E-state index contributed by atoms with van der Waals surface area (Å²) >= 11 is 7.82. The number of amides is 2. The molecule has 2 N–H and O–H groups in total. The van der Waals surface area contributed by atoms with Crippen molar-refractivity contribution in [1.82, 2.24) is 10.6 Å². The third kappa shape index (κ3) is 6.54. The number of rotatable bonds is 9. The van der Waals surface area contributed by atoms with Gasteiger partial charge in [-0.05, 0) is 35.9 Å². The van der Waals surface area contributed by atoms with E-state index in [0.29, 0.717) is 23.6 Å². The van der Waals surface area contributed by atoms with Crippen molar-refractivity contribution in [2.24, 2.45) is 0 Å². The van der Waals surface area contributed by atoms with Gasteiger partial charge in [-0.2, -0.15) is 11.8 Å². The van der Waals surface area contributed by atoms with Crippen LogP contribution in [-0.4, -0.2) is 24.1 Å². The van der Waals surface area contributed by atoms with E-state index in [9.17, 15) is 9.59 Å². The number of hydrogen-bond donors (Lipinski definition) is 2. The highest BCUT2D eigenvalue weighted by atomic mass is 35.5. The maximum atomic E-state index is 12.7. The fourth-order valence-corrected chi connectivity index (χ4v) is 3.73. The van der Waals surface area contributed by atoms with Gasteiger partial charge in [-0.1, -0.05) is 48.0 Å². The summed E-state index contributed by atoms with van der Waals surface area (Å²) in [6.45, 7) is 0.449. The molecule has 0 aliphatic carbocycles. The van der Waals surface area contributed by atoms with Gasteiger partial charge in [0, 0.05) is 34.7 Å². The molecule has 1 heterocycles. The minimum absolute atomic E-state index is 0.120. The van der Waals surface area contributed by atoms with Crippen molar-refractivity contribution in [3.05, 3.63) is 101 Å². The number of hydrogen-bond acceptors (Lipinski definition) is 4. The number of benzene rings is 2. The number of carbonyl (C=O) groups excluding carboxylic acids is 2. The van der Waals surface area contributed by atoms with E-state index in [1.165, 1.54) is 12.3 Å². The molecular weight excluding hydrogens is 420 g/mol. The lowest BCUT2D eigenvalue weighted by Gasteiger charge is -2.11. The average Bonchev–Trinajstić information content (AvgIpc) is 3.28.